The summed E-state index contributed by atoms with van der Waals surface area (Å²) in [5.74, 6) is 1.51. The zero-order valence-corrected chi connectivity index (χ0v) is 14.6. The minimum Gasteiger partial charge on any atom is -0.329 e. The summed E-state index contributed by atoms with van der Waals surface area (Å²) in [6, 6.07) is 0.702. The lowest BCUT2D eigenvalue weighted by atomic mass is 9.69. The van der Waals surface area contributed by atoms with E-state index in [1.165, 1.54) is 51.5 Å². The van der Waals surface area contributed by atoms with Crippen LogP contribution in [0.3, 0.4) is 0 Å². The molecule has 120 valence electrons. The van der Waals surface area contributed by atoms with Crippen LogP contribution in [-0.2, 0) is 0 Å². The van der Waals surface area contributed by atoms with E-state index >= 15 is 0 Å². The smallest absolute Gasteiger partial charge is 0.0362 e. The van der Waals surface area contributed by atoms with Gasteiger partial charge in [-0.25, -0.2) is 0 Å². The molecule has 1 aliphatic carbocycles. The molecule has 0 heterocycles. The lowest BCUT2D eigenvalue weighted by molar-refractivity contribution is -0.0357. The lowest BCUT2D eigenvalue weighted by Gasteiger charge is -2.54. The number of rotatable bonds is 8. The second kappa shape index (κ2) is 8.38. The average Bonchev–Trinajstić information content (AvgIpc) is 2.46. The van der Waals surface area contributed by atoms with Crippen molar-refractivity contribution in [3.63, 3.8) is 0 Å². The first-order valence-electron chi connectivity index (χ1n) is 9.02. The summed E-state index contributed by atoms with van der Waals surface area (Å²) in [5, 5.41) is 0. The van der Waals surface area contributed by atoms with E-state index in [4.69, 9.17) is 5.73 Å². The molecule has 0 saturated heterocycles. The van der Waals surface area contributed by atoms with Gasteiger partial charge in [-0.2, -0.15) is 0 Å². The molecule has 0 spiro atoms. The van der Waals surface area contributed by atoms with Crippen molar-refractivity contribution in [2.75, 3.05) is 13.1 Å². The van der Waals surface area contributed by atoms with Gasteiger partial charge in [0.2, 0.25) is 0 Å². The minimum atomic E-state index is 0.272. The first-order chi connectivity index (χ1) is 9.55. The molecule has 2 nitrogen and oxygen atoms in total. The van der Waals surface area contributed by atoms with Crippen LogP contribution in [-0.4, -0.2) is 29.6 Å². The van der Waals surface area contributed by atoms with Crippen molar-refractivity contribution in [1.82, 2.24) is 4.90 Å². The summed E-state index contributed by atoms with van der Waals surface area (Å²) in [6.45, 7) is 13.8. The third-order valence-corrected chi connectivity index (χ3v) is 5.54. The molecule has 20 heavy (non-hydrogen) atoms. The Morgan fingerprint density at radius 2 is 1.80 bits per heavy atom. The molecule has 1 saturated carbocycles. The van der Waals surface area contributed by atoms with E-state index in [1.54, 1.807) is 0 Å². The highest BCUT2D eigenvalue weighted by Gasteiger charge is 2.45. The maximum absolute atomic E-state index is 6.39. The van der Waals surface area contributed by atoms with Gasteiger partial charge in [-0.15, -0.1) is 0 Å². The highest BCUT2D eigenvalue weighted by Crippen LogP contribution is 2.42. The van der Waals surface area contributed by atoms with Gasteiger partial charge in [0, 0.05) is 24.7 Å². The van der Waals surface area contributed by atoms with Crippen molar-refractivity contribution >= 4 is 0 Å². The van der Waals surface area contributed by atoms with Gasteiger partial charge >= 0.3 is 0 Å². The van der Waals surface area contributed by atoms with E-state index in [2.05, 4.69) is 39.5 Å². The SMILES string of the molecule is CCC(CC)N(CC(C)C)C1(CN)CCCCC1CC. The standard InChI is InChI=1S/C18H38N2/c1-6-16-11-9-10-12-18(16,14-19)20(13-15(4)5)17(7-2)8-3/h15-17H,6-14,19H2,1-5H3. The molecule has 1 aliphatic rings. The zero-order valence-electron chi connectivity index (χ0n) is 14.6. The Hall–Kier alpha value is -0.0800. The van der Waals surface area contributed by atoms with Crippen LogP contribution in [0.4, 0.5) is 0 Å². The van der Waals surface area contributed by atoms with E-state index < -0.39 is 0 Å². The van der Waals surface area contributed by atoms with Crippen molar-refractivity contribution in [2.45, 2.75) is 91.1 Å². The maximum Gasteiger partial charge on any atom is 0.0362 e. The van der Waals surface area contributed by atoms with Gasteiger partial charge in [-0.3, -0.25) is 4.90 Å². The largest absolute Gasteiger partial charge is 0.329 e. The van der Waals surface area contributed by atoms with Crippen LogP contribution in [0.25, 0.3) is 0 Å². The molecular weight excluding hydrogens is 244 g/mol. The van der Waals surface area contributed by atoms with E-state index in [9.17, 15) is 0 Å². The Kier molecular flexibility index (Phi) is 7.53. The molecule has 0 radical (unpaired) electrons. The number of hydrogen-bond donors (Lipinski definition) is 1. The van der Waals surface area contributed by atoms with Crippen LogP contribution in [0.1, 0.15) is 79.6 Å². The highest BCUT2D eigenvalue weighted by atomic mass is 15.2. The van der Waals surface area contributed by atoms with Crippen LogP contribution in [0.15, 0.2) is 0 Å². The minimum absolute atomic E-state index is 0.272. The Labute approximate surface area is 127 Å². The van der Waals surface area contributed by atoms with Crippen molar-refractivity contribution in [1.29, 1.82) is 0 Å². The van der Waals surface area contributed by atoms with Crippen molar-refractivity contribution in [3.05, 3.63) is 0 Å². The summed E-state index contributed by atoms with van der Waals surface area (Å²) < 4.78 is 0. The number of nitrogens with zero attached hydrogens (tertiary/aromatic N) is 1. The van der Waals surface area contributed by atoms with Crippen LogP contribution in [0.5, 0.6) is 0 Å². The maximum atomic E-state index is 6.39. The van der Waals surface area contributed by atoms with Crippen LogP contribution in [0.2, 0.25) is 0 Å². The summed E-state index contributed by atoms with van der Waals surface area (Å²) in [6.07, 6.45) is 9.24. The Balaban J connectivity index is 3.09. The second-order valence-corrected chi connectivity index (χ2v) is 7.18. The summed E-state index contributed by atoms with van der Waals surface area (Å²) in [4.78, 5) is 2.84. The molecule has 0 aromatic rings. The topological polar surface area (TPSA) is 29.3 Å². The van der Waals surface area contributed by atoms with Crippen LogP contribution in [0, 0.1) is 11.8 Å². The number of hydrogen-bond acceptors (Lipinski definition) is 2. The molecule has 0 aliphatic heterocycles. The Bertz CT molecular complexity index is 260. The van der Waals surface area contributed by atoms with Crippen molar-refractivity contribution in [2.24, 2.45) is 17.6 Å². The third-order valence-electron chi connectivity index (χ3n) is 5.54. The summed E-state index contributed by atoms with van der Waals surface area (Å²) in [7, 11) is 0. The predicted molar refractivity (Wildman–Crippen MR) is 89.9 cm³/mol. The molecule has 0 amide bonds. The molecule has 2 N–H and O–H groups in total. The molecule has 1 rings (SSSR count). The molecule has 2 atom stereocenters. The fourth-order valence-electron chi connectivity index (χ4n) is 4.46. The second-order valence-electron chi connectivity index (χ2n) is 7.18. The molecule has 0 aromatic heterocycles. The third kappa shape index (κ3) is 3.76. The highest BCUT2D eigenvalue weighted by molar-refractivity contribution is 5.01. The van der Waals surface area contributed by atoms with Gasteiger partial charge in [0.25, 0.3) is 0 Å². The van der Waals surface area contributed by atoms with Gasteiger partial charge in [-0.1, -0.05) is 53.9 Å². The molecule has 2 unspecified atom stereocenters. The Morgan fingerprint density at radius 3 is 2.25 bits per heavy atom. The monoisotopic (exact) mass is 282 g/mol. The van der Waals surface area contributed by atoms with Crippen LogP contribution >= 0.6 is 0 Å². The molecule has 0 bridgehead atoms. The van der Waals surface area contributed by atoms with Gasteiger partial charge in [-0.05, 0) is 37.5 Å². The molecule has 1 fully saturated rings. The molecular formula is C18H38N2. The Morgan fingerprint density at radius 1 is 1.15 bits per heavy atom. The first kappa shape index (κ1) is 18.0. The van der Waals surface area contributed by atoms with Gasteiger partial charge in [0.05, 0.1) is 0 Å². The van der Waals surface area contributed by atoms with Gasteiger partial charge in [0.1, 0.15) is 0 Å². The van der Waals surface area contributed by atoms with Crippen LogP contribution < -0.4 is 5.73 Å². The molecule has 2 heteroatoms. The van der Waals surface area contributed by atoms with Crippen molar-refractivity contribution in [3.8, 4) is 0 Å². The normalized spacial score (nSPS) is 27.8. The summed E-state index contributed by atoms with van der Waals surface area (Å²) >= 11 is 0. The number of nitrogens with two attached hydrogens (primary N) is 1. The van der Waals surface area contributed by atoms with E-state index in [0.29, 0.717) is 6.04 Å². The molecule has 0 aromatic carbocycles. The zero-order chi connectivity index (χ0) is 15.2. The fourth-order valence-corrected chi connectivity index (χ4v) is 4.46. The lowest BCUT2D eigenvalue weighted by Crippen LogP contribution is -2.63. The predicted octanol–water partition coefficient (Wildman–Crippen LogP) is 4.43. The van der Waals surface area contributed by atoms with E-state index in [-0.39, 0.29) is 5.54 Å². The average molecular weight is 283 g/mol. The quantitative estimate of drug-likeness (QED) is 0.713. The summed E-state index contributed by atoms with van der Waals surface area (Å²) in [5.41, 5.74) is 6.66. The van der Waals surface area contributed by atoms with Gasteiger partial charge in [0.15, 0.2) is 0 Å². The van der Waals surface area contributed by atoms with Crippen molar-refractivity contribution < 1.29 is 0 Å². The van der Waals surface area contributed by atoms with E-state index in [0.717, 1.165) is 18.4 Å². The van der Waals surface area contributed by atoms with E-state index in [1.807, 2.05) is 0 Å². The van der Waals surface area contributed by atoms with Gasteiger partial charge < -0.3 is 5.73 Å². The fraction of sp³-hybridized carbons (Fsp3) is 1.00. The first-order valence-corrected chi connectivity index (χ1v) is 9.02.